The summed E-state index contributed by atoms with van der Waals surface area (Å²) in [6, 6.07) is 0. The van der Waals surface area contributed by atoms with Gasteiger partial charge in [0.15, 0.2) is 0 Å². The van der Waals surface area contributed by atoms with Crippen molar-refractivity contribution in [2.24, 2.45) is 11.8 Å². The summed E-state index contributed by atoms with van der Waals surface area (Å²) in [5.74, 6) is 1.29. The lowest BCUT2D eigenvalue weighted by molar-refractivity contribution is -0.0260. The van der Waals surface area contributed by atoms with E-state index in [4.69, 9.17) is 9.47 Å². The Morgan fingerprint density at radius 2 is 2.00 bits per heavy atom. The Morgan fingerprint density at radius 1 is 1.31 bits per heavy atom. The maximum Gasteiger partial charge on any atom is 0.0722 e. The third-order valence-electron chi connectivity index (χ3n) is 3.23. The first-order valence-corrected chi connectivity index (χ1v) is 6.64. The van der Waals surface area contributed by atoms with E-state index in [1.54, 1.807) is 0 Å². The smallest absolute Gasteiger partial charge is 0.0722 e. The van der Waals surface area contributed by atoms with E-state index in [9.17, 15) is 0 Å². The predicted molar refractivity (Wildman–Crippen MR) is 66.7 cm³/mol. The molecule has 0 saturated carbocycles. The van der Waals surface area contributed by atoms with Gasteiger partial charge in [0.25, 0.3) is 0 Å². The zero-order valence-corrected chi connectivity index (χ0v) is 11.0. The predicted octanol–water partition coefficient (Wildman–Crippen LogP) is 2.06. The van der Waals surface area contributed by atoms with Crippen LogP contribution in [-0.4, -0.2) is 39.0 Å². The lowest BCUT2D eigenvalue weighted by atomic mass is 10.0. The molecule has 3 nitrogen and oxygen atoms in total. The summed E-state index contributed by atoms with van der Waals surface area (Å²) in [6.07, 6.45) is 2.67. The molecule has 0 spiro atoms. The maximum atomic E-state index is 6.03. The topological polar surface area (TPSA) is 30.5 Å². The minimum Gasteiger partial charge on any atom is -0.381 e. The van der Waals surface area contributed by atoms with E-state index < -0.39 is 0 Å². The van der Waals surface area contributed by atoms with Crippen molar-refractivity contribution in [1.29, 1.82) is 0 Å². The average Bonchev–Trinajstić information content (AvgIpc) is 2.30. The summed E-state index contributed by atoms with van der Waals surface area (Å²) in [7, 11) is 0. The van der Waals surface area contributed by atoms with E-state index in [2.05, 4.69) is 26.1 Å². The van der Waals surface area contributed by atoms with E-state index in [0.717, 1.165) is 45.8 Å². The molecule has 0 bridgehead atoms. The van der Waals surface area contributed by atoms with Crippen molar-refractivity contribution in [1.82, 2.24) is 5.32 Å². The molecule has 1 aliphatic heterocycles. The van der Waals surface area contributed by atoms with Crippen LogP contribution < -0.4 is 5.32 Å². The molecule has 16 heavy (non-hydrogen) atoms. The highest BCUT2D eigenvalue weighted by atomic mass is 16.5. The quantitative estimate of drug-likeness (QED) is 0.725. The second-order valence-electron chi connectivity index (χ2n) is 4.98. The Kier molecular flexibility index (Phi) is 7.01. The van der Waals surface area contributed by atoms with Crippen LogP contribution in [0.2, 0.25) is 0 Å². The van der Waals surface area contributed by atoms with Gasteiger partial charge >= 0.3 is 0 Å². The summed E-state index contributed by atoms with van der Waals surface area (Å²) in [6.45, 7) is 11.3. The Hall–Kier alpha value is -0.120. The van der Waals surface area contributed by atoms with Gasteiger partial charge in [-0.1, -0.05) is 20.8 Å². The molecule has 1 heterocycles. The molecule has 0 aromatic heterocycles. The van der Waals surface area contributed by atoms with E-state index >= 15 is 0 Å². The van der Waals surface area contributed by atoms with Crippen molar-refractivity contribution < 1.29 is 9.47 Å². The summed E-state index contributed by atoms with van der Waals surface area (Å²) >= 11 is 0. The second-order valence-corrected chi connectivity index (χ2v) is 4.98. The van der Waals surface area contributed by atoms with Crippen molar-refractivity contribution in [3.8, 4) is 0 Å². The van der Waals surface area contributed by atoms with Crippen molar-refractivity contribution in [3.05, 3.63) is 0 Å². The van der Waals surface area contributed by atoms with Gasteiger partial charge in [0.2, 0.25) is 0 Å². The van der Waals surface area contributed by atoms with Gasteiger partial charge in [-0.15, -0.1) is 0 Å². The number of rotatable bonds is 7. The molecular formula is C13H27NO2. The molecule has 0 aliphatic carbocycles. The molecule has 1 atom stereocenters. The number of likely N-dealkylation sites (N-methyl/N-ethyl adjacent to an activating group) is 1. The van der Waals surface area contributed by atoms with Crippen LogP contribution in [0.15, 0.2) is 0 Å². The summed E-state index contributed by atoms with van der Waals surface area (Å²) in [5, 5.41) is 3.37. The molecule has 0 radical (unpaired) electrons. The Morgan fingerprint density at radius 3 is 2.56 bits per heavy atom. The highest BCUT2D eigenvalue weighted by Crippen LogP contribution is 2.17. The number of hydrogen-bond acceptors (Lipinski definition) is 3. The van der Waals surface area contributed by atoms with Crippen LogP contribution in [0.5, 0.6) is 0 Å². The lowest BCUT2D eigenvalue weighted by Gasteiger charge is -2.27. The van der Waals surface area contributed by atoms with Crippen LogP contribution in [0.3, 0.4) is 0 Å². The molecule has 96 valence electrons. The van der Waals surface area contributed by atoms with Crippen LogP contribution >= 0.6 is 0 Å². The fraction of sp³-hybridized carbons (Fsp3) is 1.00. The Labute approximate surface area is 99.9 Å². The molecule has 1 unspecified atom stereocenters. The van der Waals surface area contributed by atoms with Gasteiger partial charge in [-0.05, 0) is 31.2 Å². The summed E-state index contributed by atoms with van der Waals surface area (Å²) < 4.78 is 11.4. The molecule has 0 amide bonds. The van der Waals surface area contributed by atoms with Gasteiger partial charge < -0.3 is 14.8 Å². The SMILES string of the molecule is CCNCC(OCC1CCOCC1)C(C)C. The normalized spacial score (nSPS) is 20.2. The van der Waals surface area contributed by atoms with Crippen LogP contribution in [0, 0.1) is 11.8 Å². The first kappa shape index (κ1) is 13.9. The van der Waals surface area contributed by atoms with Crippen molar-refractivity contribution in [3.63, 3.8) is 0 Å². The average molecular weight is 229 g/mol. The summed E-state index contributed by atoms with van der Waals surface area (Å²) in [5.41, 5.74) is 0. The van der Waals surface area contributed by atoms with Crippen LogP contribution in [0.4, 0.5) is 0 Å². The minimum atomic E-state index is 0.350. The fourth-order valence-corrected chi connectivity index (χ4v) is 1.95. The summed E-state index contributed by atoms with van der Waals surface area (Å²) in [4.78, 5) is 0. The van der Waals surface area contributed by atoms with Gasteiger partial charge in [0, 0.05) is 19.8 Å². The van der Waals surface area contributed by atoms with Crippen LogP contribution in [-0.2, 0) is 9.47 Å². The molecule has 0 aromatic carbocycles. The van der Waals surface area contributed by atoms with Gasteiger partial charge in [0.1, 0.15) is 0 Å². The van der Waals surface area contributed by atoms with E-state index in [1.165, 1.54) is 0 Å². The van der Waals surface area contributed by atoms with E-state index in [1.807, 2.05) is 0 Å². The highest BCUT2D eigenvalue weighted by Gasteiger charge is 2.18. The largest absolute Gasteiger partial charge is 0.381 e. The van der Waals surface area contributed by atoms with Crippen LogP contribution in [0.1, 0.15) is 33.6 Å². The zero-order valence-electron chi connectivity index (χ0n) is 11.0. The van der Waals surface area contributed by atoms with Crippen molar-refractivity contribution in [2.45, 2.75) is 39.7 Å². The van der Waals surface area contributed by atoms with Crippen molar-refractivity contribution in [2.75, 3.05) is 32.9 Å². The standard InChI is InChI=1S/C13H27NO2/c1-4-14-9-13(11(2)3)16-10-12-5-7-15-8-6-12/h11-14H,4-10H2,1-3H3. The van der Waals surface area contributed by atoms with Gasteiger partial charge in [-0.3, -0.25) is 0 Å². The first-order chi connectivity index (χ1) is 7.74. The number of ether oxygens (including phenoxy) is 2. The third kappa shape index (κ3) is 5.28. The maximum absolute atomic E-state index is 6.03. The molecule has 1 fully saturated rings. The highest BCUT2D eigenvalue weighted by molar-refractivity contribution is 4.68. The Balaban J connectivity index is 2.19. The minimum absolute atomic E-state index is 0.350. The van der Waals surface area contributed by atoms with Crippen molar-refractivity contribution >= 4 is 0 Å². The second kappa shape index (κ2) is 8.04. The molecule has 1 saturated heterocycles. The number of hydrogen-bond donors (Lipinski definition) is 1. The molecule has 1 rings (SSSR count). The Bertz CT molecular complexity index is 167. The monoisotopic (exact) mass is 229 g/mol. The zero-order chi connectivity index (χ0) is 11.8. The van der Waals surface area contributed by atoms with E-state index in [-0.39, 0.29) is 0 Å². The van der Waals surface area contributed by atoms with Gasteiger partial charge in [-0.25, -0.2) is 0 Å². The molecule has 3 heteroatoms. The molecule has 1 N–H and O–H groups in total. The lowest BCUT2D eigenvalue weighted by Crippen LogP contribution is -2.35. The molecular weight excluding hydrogens is 202 g/mol. The van der Waals surface area contributed by atoms with Gasteiger partial charge in [0.05, 0.1) is 12.7 Å². The fourth-order valence-electron chi connectivity index (χ4n) is 1.95. The third-order valence-corrected chi connectivity index (χ3v) is 3.23. The molecule has 1 aliphatic rings. The van der Waals surface area contributed by atoms with Gasteiger partial charge in [-0.2, -0.15) is 0 Å². The first-order valence-electron chi connectivity index (χ1n) is 6.64. The number of nitrogens with one attached hydrogen (secondary N) is 1. The van der Waals surface area contributed by atoms with Crippen LogP contribution in [0.25, 0.3) is 0 Å². The van der Waals surface area contributed by atoms with E-state index in [0.29, 0.717) is 17.9 Å². The molecule has 0 aromatic rings.